The molecule has 0 aliphatic carbocycles. The predicted octanol–water partition coefficient (Wildman–Crippen LogP) is -7.97. The van der Waals surface area contributed by atoms with Gasteiger partial charge >= 0.3 is 90.6 Å². The monoisotopic (exact) mass is 306 g/mol. The topological polar surface area (TPSA) is 158 Å². The van der Waals surface area contributed by atoms with Crippen LogP contribution >= 0.6 is 0 Å². The van der Waals surface area contributed by atoms with Gasteiger partial charge in [0.1, 0.15) is 0 Å². The van der Waals surface area contributed by atoms with Gasteiger partial charge in [0, 0.05) is 0 Å². The second-order valence-corrected chi connectivity index (χ2v) is 5.22. The van der Waals surface area contributed by atoms with Crippen molar-refractivity contribution in [3.63, 3.8) is 0 Å². The van der Waals surface area contributed by atoms with E-state index in [0.717, 1.165) is 0 Å². The molecule has 0 aromatic heterocycles. The molecule has 0 spiro atoms. The number of hydrogen-bond acceptors (Lipinski definition) is 3. The van der Waals surface area contributed by atoms with E-state index in [-0.39, 0.29) is 29.6 Å². The van der Waals surface area contributed by atoms with Crippen LogP contribution in [0.25, 0.3) is 0 Å². The van der Waals surface area contributed by atoms with Crippen molar-refractivity contribution < 1.29 is 61.6 Å². The first-order valence-corrected chi connectivity index (χ1v) is 8.04. The summed E-state index contributed by atoms with van der Waals surface area (Å²) in [5, 5.41) is 0. The van der Waals surface area contributed by atoms with Gasteiger partial charge in [0.25, 0.3) is 0 Å². The van der Waals surface area contributed by atoms with Gasteiger partial charge in [0.05, 0.1) is 0 Å². The molecule has 0 aromatic rings. The van der Waals surface area contributed by atoms with Gasteiger partial charge in [-0.15, -0.1) is 0 Å². The molecule has 0 bridgehead atoms. The van der Waals surface area contributed by atoms with Crippen LogP contribution in [0.1, 0.15) is 0 Å². The first-order chi connectivity index (χ1) is 4.00. The molecule has 8 nitrogen and oxygen atoms in total. The van der Waals surface area contributed by atoms with E-state index in [0.29, 0.717) is 0 Å². The Morgan fingerprint density at radius 1 is 0.909 bits per heavy atom. The van der Waals surface area contributed by atoms with Crippen molar-refractivity contribution in [2.24, 2.45) is 0 Å². The maximum Gasteiger partial charge on any atom is 1.00 e. The molecule has 5 N–H and O–H groups in total. The molecule has 0 amide bonds. The molecule has 64 valence electrons. The summed E-state index contributed by atoms with van der Waals surface area (Å²) in [7, 11) is 0. The minimum absolute atomic E-state index is 0. The molecule has 0 aliphatic heterocycles. The normalized spacial score (nSPS) is 10.7. The standard InChI is InChI=1S/2AsH3O4.Na/c2*2-1(3,4)5;/h2*(H3,2,3,4,5);/q;;+1/p-1. The smallest absolute Gasteiger partial charge is 1.00 e. The van der Waals surface area contributed by atoms with Crippen LogP contribution in [0, 0.1) is 0 Å². The van der Waals surface area contributed by atoms with E-state index in [1.165, 1.54) is 0 Å². The number of hydrogen-bond donors (Lipinski definition) is 5. The summed E-state index contributed by atoms with van der Waals surface area (Å²) in [5.41, 5.74) is 0. The van der Waals surface area contributed by atoms with Crippen LogP contribution in [0.3, 0.4) is 0 Å². The van der Waals surface area contributed by atoms with Crippen molar-refractivity contribution in [2.45, 2.75) is 0 Å². The summed E-state index contributed by atoms with van der Waals surface area (Å²) in [6.45, 7) is 0. The Labute approximate surface area is 89.9 Å². The predicted molar refractivity (Wildman–Crippen MR) is 24.0 cm³/mol. The average molecular weight is 306 g/mol. The molecule has 11 heteroatoms. The molecule has 0 rings (SSSR count). The van der Waals surface area contributed by atoms with E-state index in [1.807, 2.05) is 0 Å². The molecule has 0 saturated carbocycles. The van der Waals surface area contributed by atoms with Crippen LogP contribution in [-0.2, 0) is 7.48 Å². The summed E-state index contributed by atoms with van der Waals surface area (Å²) in [6.07, 6.45) is 0. The summed E-state index contributed by atoms with van der Waals surface area (Å²) in [6, 6.07) is 0. The molecule has 0 radical (unpaired) electrons. The molecule has 0 fully saturated rings. The Bertz CT molecular complexity index is 124. The van der Waals surface area contributed by atoms with E-state index in [1.54, 1.807) is 0 Å². The summed E-state index contributed by atoms with van der Waals surface area (Å²) >= 11 is -10.5. The van der Waals surface area contributed by atoms with E-state index in [4.69, 9.17) is 32.1 Å². The second kappa shape index (κ2) is 6.94. The Kier molecular flexibility index (Phi) is 11.5. The van der Waals surface area contributed by atoms with Gasteiger partial charge in [-0.2, -0.15) is 0 Å². The van der Waals surface area contributed by atoms with Crippen LogP contribution < -0.4 is 33.7 Å². The second-order valence-electron chi connectivity index (χ2n) is 1.00. The Morgan fingerprint density at radius 2 is 0.909 bits per heavy atom. The maximum atomic E-state index is 8.94. The van der Waals surface area contributed by atoms with E-state index in [9.17, 15) is 0 Å². The van der Waals surface area contributed by atoms with Gasteiger partial charge in [-0.1, -0.05) is 0 Å². The Morgan fingerprint density at radius 3 is 0.909 bits per heavy atom. The van der Waals surface area contributed by atoms with Crippen molar-refractivity contribution in [3.8, 4) is 0 Å². The summed E-state index contributed by atoms with van der Waals surface area (Å²) in [5.74, 6) is 0. The van der Waals surface area contributed by atoms with Crippen LogP contribution in [0.2, 0.25) is 0 Å². The van der Waals surface area contributed by atoms with Crippen molar-refractivity contribution in [1.29, 1.82) is 0 Å². The van der Waals surface area contributed by atoms with Crippen molar-refractivity contribution in [1.82, 2.24) is 0 Å². The SMILES string of the molecule is O=[As](O)(O)O.O=[As]([O-])(O)O.[Na+]. The third kappa shape index (κ3) is 473. The van der Waals surface area contributed by atoms with Crippen molar-refractivity contribution >= 4 is 29.0 Å². The number of rotatable bonds is 0. The molecule has 0 heterocycles. The first-order valence-electron chi connectivity index (χ1n) is 1.55. The van der Waals surface area contributed by atoms with Crippen molar-refractivity contribution in [2.75, 3.05) is 0 Å². The first kappa shape index (κ1) is 18.3. The Hall–Kier alpha value is 1.48. The maximum absolute atomic E-state index is 8.94. The molecule has 0 atom stereocenters. The van der Waals surface area contributed by atoms with Gasteiger partial charge in [0.15, 0.2) is 0 Å². The summed E-state index contributed by atoms with van der Waals surface area (Å²) in [4.78, 5) is 0. The molecular formula is H5As2NaO8. The fourth-order valence-corrected chi connectivity index (χ4v) is 0. The van der Waals surface area contributed by atoms with Crippen molar-refractivity contribution in [3.05, 3.63) is 0 Å². The van der Waals surface area contributed by atoms with Crippen LogP contribution in [-0.4, -0.2) is 49.5 Å². The van der Waals surface area contributed by atoms with E-state index >= 15 is 0 Å². The average Bonchev–Trinajstić information content (AvgIpc) is 1.12. The van der Waals surface area contributed by atoms with Crippen LogP contribution in [0.4, 0.5) is 0 Å². The zero-order valence-corrected chi connectivity index (χ0v) is 11.1. The minimum atomic E-state index is -5.38. The van der Waals surface area contributed by atoms with Gasteiger partial charge in [-0.05, 0) is 0 Å². The quantitative estimate of drug-likeness (QED) is 0.276. The summed E-state index contributed by atoms with van der Waals surface area (Å²) < 4.78 is 62.6. The Balaban J connectivity index is -0.000000107. The van der Waals surface area contributed by atoms with E-state index < -0.39 is 29.0 Å². The third-order valence-electron chi connectivity index (χ3n) is 0. The zero-order chi connectivity index (χ0) is 9.00. The van der Waals surface area contributed by atoms with Gasteiger partial charge in [0.2, 0.25) is 0 Å². The van der Waals surface area contributed by atoms with Gasteiger partial charge in [-0.25, -0.2) is 0 Å². The van der Waals surface area contributed by atoms with Gasteiger partial charge in [-0.3, -0.25) is 0 Å². The molecule has 0 aliphatic rings. The third-order valence-corrected chi connectivity index (χ3v) is 0. The molecule has 0 unspecified atom stereocenters. The van der Waals surface area contributed by atoms with Gasteiger partial charge < -0.3 is 0 Å². The zero-order valence-electron chi connectivity index (χ0n) is 5.36. The largest absolute Gasteiger partial charge is 1.00 e. The fraction of sp³-hybridized carbons (Fsp3) is 0. The molecule has 0 aromatic carbocycles. The van der Waals surface area contributed by atoms with Crippen LogP contribution in [0.5, 0.6) is 0 Å². The van der Waals surface area contributed by atoms with E-state index in [2.05, 4.69) is 0 Å². The molecule has 0 saturated heterocycles. The molecular weight excluding hydrogens is 301 g/mol. The van der Waals surface area contributed by atoms with Crippen LogP contribution in [0.15, 0.2) is 0 Å². The molecule has 11 heavy (non-hydrogen) atoms. The fourth-order valence-electron chi connectivity index (χ4n) is 0. The minimum Gasteiger partial charge on any atom is 1.00 e.